The number of amides is 1. The Kier molecular flexibility index (Phi) is 6.51. The van der Waals surface area contributed by atoms with E-state index < -0.39 is 11.7 Å². The van der Waals surface area contributed by atoms with Gasteiger partial charge in [0, 0.05) is 56.8 Å². The van der Waals surface area contributed by atoms with Gasteiger partial charge in [0.25, 0.3) is 0 Å². The number of hydrogen-bond donors (Lipinski definition) is 1. The smallest absolute Gasteiger partial charge is 0.369 e. The summed E-state index contributed by atoms with van der Waals surface area (Å²) < 4.78 is 38.6. The number of halogens is 3. The van der Waals surface area contributed by atoms with Gasteiger partial charge in [-0.05, 0) is 30.3 Å². The molecule has 1 fully saturated rings. The van der Waals surface area contributed by atoms with Crippen molar-refractivity contribution in [2.45, 2.75) is 12.6 Å². The van der Waals surface area contributed by atoms with Crippen molar-refractivity contribution in [1.82, 2.24) is 15.2 Å². The summed E-state index contributed by atoms with van der Waals surface area (Å²) in [6.45, 7) is 4.05. The Labute approximate surface area is 162 Å². The average molecular weight is 392 g/mol. The maximum Gasteiger partial charge on any atom is 0.416 e. The van der Waals surface area contributed by atoms with E-state index in [2.05, 4.69) is 15.2 Å². The molecule has 0 atom stereocenters. The van der Waals surface area contributed by atoms with Crippen LogP contribution in [0.2, 0.25) is 0 Å². The van der Waals surface area contributed by atoms with E-state index in [-0.39, 0.29) is 12.3 Å². The lowest BCUT2D eigenvalue weighted by Crippen LogP contribution is -2.48. The molecule has 1 aliphatic heterocycles. The zero-order valence-electron chi connectivity index (χ0n) is 15.5. The number of aromatic nitrogens is 1. The second-order valence-corrected chi connectivity index (χ2v) is 6.72. The van der Waals surface area contributed by atoms with E-state index in [1.807, 2.05) is 17.0 Å². The van der Waals surface area contributed by atoms with Crippen LogP contribution in [0.5, 0.6) is 0 Å². The summed E-state index contributed by atoms with van der Waals surface area (Å²) in [7, 11) is 0. The summed E-state index contributed by atoms with van der Waals surface area (Å²) >= 11 is 0. The number of carbonyl (C=O) groups excluding carboxylic acids is 1. The van der Waals surface area contributed by atoms with Crippen molar-refractivity contribution in [3.05, 3.63) is 59.9 Å². The molecular formula is C20H23F3N4O. The Morgan fingerprint density at radius 3 is 2.54 bits per heavy atom. The van der Waals surface area contributed by atoms with Crippen molar-refractivity contribution >= 4 is 11.6 Å². The molecule has 0 bridgehead atoms. The number of hydrogen-bond acceptors (Lipinski definition) is 4. The van der Waals surface area contributed by atoms with E-state index in [0.717, 1.165) is 24.8 Å². The lowest BCUT2D eigenvalue weighted by molar-refractivity contribution is -0.137. The molecule has 0 unspecified atom stereocenters. The van der Waals surface area contributed by atoms with Gasteiger partial charge in [0.05, 0.1) is 12.0 Å². The van der Waals surface area contributed by atoms with Gasteiger partial charge in [-0.25, -0.2) is 0 Å². The molecule has 0 spiro atoms. The van der Waals surface area contributed by atoms with Crippen LogP contribution in [0.15, 0.2) is 48.7 Å². The number of benzene rings is 1. The normalized spacial score (nSPS) is 15.5. The summed E-state index contributed by atoms with van der Waals surface area (Å²) in [6.07, 6.45) is -2.41. The fourth-order valence-corrected chi connectivity index (χ4v) is 3.19. The van der Waals surface area contributed by atoms with Gasteiger partial charge in [-0.3, -0.25) is 14.7 Å². The van der Waals surface area contributed by atoms with E-state index in [1.165, 1.54) is 12.1 Å². The predicted octanol–water partition coefficient (Wildman–Crippen LogP) is 2.58. The molecule has 8 heteroatoms. The maximum absolute atomic E-state index is 12.9. The molecule has 1 aromatic carbocycles. The van der Waals surface area contributed by atoms with E-state index in [9.17, 15) is 18.0 Å². The second-order valence-electron chi connectivity index (χ2n) is 6.72. The Bertz CT molecular complexity index is 775. The summed E-state index contributed by atoms with van der Waals surface area (Å²) in [5, 5.41) is 2.89. The molecule has 0 radical (unpaired) electrons. The first-order valence-electron chi connectivity index (χ1n) is 9.23. The number of nitrogens with zero attached hydrogens (tertiary/aromatic N) is 3. The Balaban J connectivity index is 1.40. The van der Waals surface area contributed by atoms with Gasteiger partial charge >= 0.3 is 6.18 Å². The summed E-state index contributed by atoms with van der Waals surface area (Å²) in [4.78, 5) is 20.2. The molecule has 2 heterocycles. The van der Waals surface area contributed by atoms with Gasteiger partial charge in [-0.2, -0.15) is 13.2 Å². The van der Waals surface area contributed by atoms with E-state index in [0.29, 0.717) is 31.9 Å². The zero-order chi connectivity index (χ0) is 20.0. The van der Waals surface area contributed by atoms with Crippen LogP contribution >= 0.6 is 0 Å². The van der Waals surface area contributed by atoms with Crippen molar-refractivity contribution < 1.29 is 18.0 Å². The maximum atomic E-state index is 12.9. The molecule has 0 saturated carbocycles. The molecule has 2 aromatic rings. The highest BCUT2D eigenvalue weighted by molar-refractivity contribution is 5.78. The van der Waals surface area contributed by atoms with Gasteiger partial charge in [-0.15, -0.1) is 0 Å². The zero-order valence-corrected chi connectivity index (χ0v) is 15.5. The minimum Gasteiger partial charge on any atom is -0.369 e. The molecule has 28 heavy (non-hydrogen) atoms. The number of piperazine rings is 1. The van der Waals surface area contributed by atoms with Crippen molar-refractivity contribution in [3.63, 3.8) is 0 Å². The van der Waals surface area contributed by atoms with E-state index in [1.54, 1.807) is 18.3 Å². The quantitative estimate of drug-likeness (QED) is 0.821. The van der Waals surface area contributed by atoms with Gasteiger partial charge in [0.1, 0.15) is 0 Å². The lowest BCUT2D eigenvalue weighted by atomic mass is 10.1. The highest BCUT2D eigenvalue weighted by atomic mass is 19.4. The van der Waals surface area contributed by atoms with Crippen LogP contribution in [0, 0.1) is 0 Å². The number of alkyl halides is 3. The summed E-state index contributed by atoms with van der Waals surface area (Å²) in [5.41, 5.74) is 0.705. The van der Waals surface area contributed by atoms with Crippen LogP contribution in [0.1, 0.15) is 11.3 Å². The van der Waals surface area contributed by atoms with Crippen LogP contribution in [0.3, 0.4) is 0 Å². The van der Waals surface area contributed by atoms with E-state index in [4.69, 9.17) is 0 Å². The van der Waals surface area contributed by atoms with Crippen molar-refractivity contribution in [2.75, 3.05) is 44.2 Å². The van der Waals surface area contributed by atoms with Crippen LogP contribution in [0.4, 0.5) is 18.9 Å². The third kappa shape index (κ3) is 5.69. The second kappa shape index (κ2) is 9.05. The van der Waals surface area contributed by atoms with Crippen LogP contribution < -0.4 is 10.2 Å². The lowest BCUT2D eigenvalue weighted by Gasteiger charge is -2.36. The molecule has 150 valence electrons. The van der Waals surface area contributed by atoms with Crippen molar-refractivity contribution in [1.29, 1.82) is 0 Å². The van der Waals surface area contributed by atoms with Crippen LogP contribution in [-0.2, 0) is 17.4 Å². The number of pyridine rings is 1. The summed E-state index contributed by atoms with van der Waals surface area (Å²) in [5.74, 6) is -0.0682. The van der Waals surface area contributed by atoms with Gasteiger partial charge in [0.15, 0.2) is 0 Å². The molecular weight excluding hydrogens is 369 g/mol. The Morgan fingerprint density at radius 2 is 1.86 bits per heavy atom. The third-order valence-corrected chi connectivity index (χ3v) is 4.73. The van der Waals surface area contributed by atoms with E-state index >= 15 is 0 Å². The van der Waals surface area contributed by atoms with Crippen molar-refractivity contribution in [2.24, 2.45) is 0 Å². The molecule has 1 N–H and O–H groups in total. The number of carbonyl (C=O) groups is 1. The SMILES string of the molecule is O=C(Cc1ccccn1)NCCN1CCN(c2cccc(C(F)(F)F)c2)CC1. The average Bonchev–Trinajstić information content (AvgIpc) is 2.69. The minimum absolute atomic E-state index is 0.0682. The fraction of sp³-hybridized carbons (Fsp3) is 0.400. The Hall–Kier alpha value is -2.61. The topological polar surface area (TPSA) is 48.5 Å². The third-order valence-electron chi connectivity index (χ3n) is 4.73. The van der Waals surface area contributed by atoms with Crippen molar-refractivity contribution in [3.8, 4) is 0 Å². The predicted molar refractivity (Wildman–Crippen MR) is 101 cm³/mol. The number of rotatable bonds is 6. The molecule has 3 rings (SSSR count). The molecule has 0 aliphatic carbocycles. The number of anilines is 1. The fourth-order valence-electron chi connectivity index (χ4n) is 3.19. The standard InChI is InChI=1S/C20H23F3N4O/c21-20(22,23)16-4-3-6-18(14-16)27-12-10-26(11-13-27)9-8-25-19(28)15-17-5-1-2-7-24-17/h1-7,14H,8-13,15H2,(H,25,28). The first kappa shape index (κ1) is 20.1. The highest BCUT2D eigenvalue weighted by Crippen LogP contribution is 2.31. The van der Waals surface area contributed by atoms with Gasteiger partial charge in [0.2, 0.25) is 5.91 Å². The Morgan fingerprint density at radius 1 is 1.07 bits per heavy atom. The first-order chi connectivity index (χ1) is 13.4. The molecule has 5 nitrogen and oxygen atoms in total. The molecule has 1 aromatic heterocycles. The number of nitrogens with one attached hydrogen (secondary N) is 1. The minimum atomic E-state index is -4.33. The highest BCUT2D eigenvalue weighted by Gasteiger charge is 2.31. The molecule has 1 amide bonds. The molecule has 1 aliphatic rings. The summed E-state index contributed by atoms with van der Waals surface area (Å²) in [6, 6.07) is 10.9. The van der Waals surface area contributed by atoms with Gasteiger partial charge in [-0.1, -0.05) is 12.1 Å². The van der Waals surface area contributed by atoms with Crippen LogP contribution in [-0.4, -0.2) is 55.1 Å². The van der Waals surface area contributed by atoms with Gasteiger partial charge < -0.3 is 10.2 Å². The van der Waals surface area contributed by atoms with Crippen LogP contribution in [0.25, 0.3) is 0 Å². The first-order valence-corrected chi connectivity index (χ1v) is 9.23. The molecule has 1 saturated heterocycles. The monoisotopic (exact) mass is 392 g/mol. The largest absolute Gasteiger partial charge is 0.416 e.